The second-order valence-corrected chi connectivity index (χ2v) is 8.61. The van der Waals surface area contributed by atoms with Crippen LogP contribution in [0.5, 0.6) is 0 Å². The Morgan fingerprint density at radius 2 is 1.76 bits per heavy atom. The van der Waals surface area contributed by atoms with Gasteiger partial charge in [-0.25, -0.2) is 4.68 Å². The van der Waals surface area contributed by atoms with Crippen LogP contribution < -0.4 is 10.6 Å². The summed E-state index contributed by atoms with van der Waals surface area (Å²) in [6.45, 7) is 2.05. The first kappa shape index (κ1) is 21.2. The van der Waals surface area contributed by atoms with Crippen molar-refractivity contribution in [3.8, 4) is 0 Å². The van der Waals surface area contributed by atoms with E-state index in [1.165, 1.54) is 5.56 Å². The van der Waals surface area contributed by atoms with Crippen LogP contribution in [0, 0.1) is 6.92 Å². The van der Waals surface area contributed by atoms with Crippen molar-refractivity contribution in [2.24, 2.45) is 0 Å². The van der Waals surface area contributed by atoms with Gasteiger partial charge in [0.1, 0.15) is 6.04 Å². The Kier molecular flexibility index (Phi) is 5.62. The highest BCUT2D eigenvalue weighted by molar-refractivity contribution is 6.31. The second kappa shape index (κ2) is 8.73. The average molecular weight is 476 g/mol. The molecule has 0 radical (unpaired) electrons. The van der Waals surface area contributed by atoms with Crippen molar-refractivity contribution in [2.45, 2.75) is 13.0 Å². The average Bonchev–Trinajstić information content (AvgIpc) is 3.22. The van der Waals surface area contributed by atoms with Crippen LogP contribution in [0.15, 0.2) is 78.9 Å². The number of hydrogen-bond acceptors (Lipinski definition) is 4. The molecule has 4 aromatic rings. The predicted octanol–water partition coefficient (Wildman–Crippen LogP) is 6.20. The minimum atomic E-state index is -0.338. The maximum absolute atomic E-state index is 12.7. The van der Waals surface area contributed by atoms with Gasteiger partial charge in [0.15, 0.2) is 0 Å². The number of carbonyl (C=O) groups excluding carboxylic acids is 1. The lowest BCUT2D eigenvalue weighted by Crippen LogP contribution is -2.20. The number of halogens is 2. The van der Waals surface area contributed by atoms with E-state index in [0.29, 0.717) is 21.6 Å². The first-order valence-electron chi connectivity index (χ1n) is 10.3. The fraction of sp³-hybridized carbons (Fsp3) is 0.0800. The van der Waals surface area contributed by atoms with E-state index in [1.54, 1.807) is 28.9 Å². The number of amides is 1. The van der Waals surface area contributed by atoms with E-state index in [1.807, 2.05) is 24.3 Å². The Labute approximate surface area is 200 Å². The van der Waals surface area contributed by atoms with E-state index in [0.717, 1.165) is 16.8 Å². The van der Waals surface area contributed by atoms with Crippen molar-refractivity contribution in [1.82, 2.24) is 14.8 Å². The first-order chi connectivity index (χ1) is 16.0. The summed E-state index contributed by atoms with van der Waals surface area (Å²) in [6.07, 6.45) is 2.08. The van der Waals surface area contributed by atoms with Crippen LogP contribution in [-0.2, 0) is 0 Å². The SMILES string of the molecule is Cc1ccc(C2=C[C@@H](c3ccc(Cl)cc3)n3nc(NC(=O)c4cccc(Cl)c4)nc3N2)cc1. The molecule has 1 aliphatic rings. The Bertz CT molecular complexity index is 1360. The van der Waals surface area contributed by atoms with Crippen molar-refractivity contribution >= 4 is 46.7 Å². The largest absolute Gasteiger partial charge is 0.324 e. The highest BCUT2D eigenvalue weighted by Gasteiger charge is 2.26. The number of hydrogen-bond donors (Lipinski definition) is 2. The minimum Gasteiger partial charge on any atom is -0.324 e. The van der Waals surface area contributed by atoms with Gasteiger partial charge < -0.3 is 5.32 Å². The molecule has 5 rings (SSSR count). The summed E-state index contributed by atoms with van der Waals surface area (Å²) in [5, 5.41) is 11.8. The summed E-state index contributed by atoms with van der Waals surface area (Å²) in [7, 11) is 0. The number of aryl methyl sites for hydroxylation is 1. The molecule has 33 heavy (non-hydrogen) atoms. The highest BCUT2D eigenvalue weighted by atomic mass is 35.5. The molecule has 1 atom stereocenters. The zero-order chi connectivity index (χ0) is 22.9. The molecule has 0 spiro atoms. The number of rotatable bonds is 4. The molecule has 0 aliphatic carbocycles. The molecule has 2 N–H and O–H groups in total. The molecule has 0 bridgehead atoms. The molecule has 2 heterocycles. The van der Waals surface area contributed by atoms with Gasteiger partial charge in [-0.1, -0.05) is 71.2 Å². The molecule has 1 aromatic heterocycles. The van der Waals surface area contributed by atoms with Crippen molar-refractivity contribution < 1.29 is 4.79 Å². The molecule has 1 aliphatic heterocycles. The number of carbonyl (C=O) groups is 1. The van der Waals surface area contributed by atoms with Crippen LogP contribution in [0.1, 0.15) is 33.1 Å². The topological polar surface area (TPSA) is 71.8 Å². The number of benzene rings is 3. The predicted molar refractivity (Wildman–Crippen MR) is 132 cm³/mol. The number of allylic oxidation sites excluding steroid dienone is 1. The lowest BCUT2D eigenvalue weighted by Gasteiger charge is -2.24. The third-order valence-electron chi connectivity index (χ3n) is 5.35. The zero-order valence-electron chi connectivity index (χ0n) is 17.6. The Hall–Kier alpha value is -3.61. The van der Waals surface area contributed by atoms with Gasteiger partial charge in [-0.2, -0.15) is 4.98 Å². The summed E-state index contributed by atoms with van der Waals surface area (Å²) in [4.78, 5) is 17.2. The number of nitrogens with zero attached hydrogens (tertiary/aromatic N) is 3. The van der Waals surface area contributed by atoms with E-state index in [-0.39, 0.29) is 17.9 Å². The van der Waals surface area contributed by atoms with E-state index < -0.39 is 0 Å². The van der Waals surface area contributed by atoms with Crippen molar-refractivity contribution in [1.29, 1.82) is 0 Å². The van der Waals surface area contributed by atoms with Gasteiger partial charge in [0.2, 0.25) is 5.95 Å². The number of aromatic nitrogens is 3. The summed E-state index contributed by atoms with van der Waals surface area (Å²) in [5.74, 6) is 0.379. The molecule has 0 fully saturated rings. The summed E-state index contributed by atoms with van der Waals surface area (Å²) in [5.41, 5.74) is 4.53. The summed E-state index contributed by atoms with van der Waals surface area (Å²) >= 11 is 12.1. The molecule has 8 heteroatoms. The van der Waals surface area contributed by atoms with E-state index in [2.05, 4.69) is 58.0 Å². The molecule has 0 saturated heterocycles. The maximum atomic E-state index is 12.7. The fourth-order valence-electron chi connectivity index (χ4n) is 3.65. The van der Waals surface area contributed by atoms with Crippen LogP contribution in [0.4, 0.5) is 11.9 Å². The monoisotopic (exact) mass is 475 g/mol. The van der Waals surface area contributed by atoms with Gasteiger partial charge in [0.05, 0.1) is 0 Å². The quantitative estimate of drug-likeness (QED) is 0.368. The molecule has 164 valence electrons. The van der Waals surface area contributed by atoms with Gasteiger partial charge in [0.25, 0.3) is 11.9 Å². The van der Waals surface area contributed by atoms with E-state index in [4.69, 9.17) is 23.2 Å². The standard InChI is InChI=1S/C25H19Cl2N5O/c1-15-5-7-16(8-6-15)21-14-22(17-9-11-19(26)12-10-17)32-25(28-21)30-24(31-32)29-23(33)18-3-2-4-20(27)13-18/h2-14,22H,1H3,(H2,28,29,30,31,33)/t22-/m0/s1. The smallest absolute Gasteiger partial charge is 0.258 e. The molecule has 6 nitrogen and oxygen atoms in total. The third-order valence-corrected chi connectivity index (χ3v) is 5.84. The summed E-state index contributed by atoms with van der Waals surface area (Å²) < 4.78 is 1.74. The first-order valence-corrected chi connectivity index (χ1v) is 11.1. The number of fused-ring (bicyclic) bond motifs is 1. The van der Waals surface area contributed by atoms with Gasteiger partial charge in [-0.15, -0.1) is 5.10 Å². The fourth-order valence-corrected chi connectivity index (χ4v) is 3.96. The van der Waals surface area contributed by atoms with Gasteiger partial charge >= 0.3 is 0 Å². The van der Waals surface area contributed by atoms with Gasteiger partial charge in [-0.3, -0.25) is 10.1 Å². The maximum Gasteiger partial charge on any atom is 0.258 e. The normalized spacial score (nSPS) is 14.8. The summed E-state index contributed by atoms with van der Waals surface area (Å²) in [6, 6.07) is 22.3. The highest BCUT2D eigenvalue weighted by Crippen LogP contribution is 2.33. The Morgan fingerprint density at radius 1 is 1.00 bits per heavy atom. The third kappa shape index (κ3) is 4.49. The Morgan fingerprint density at radius 3 is 2.48 bits per heavy atom. The molecular formula is C25H19Cl2N5O. The minimum absolute atomic E-state index is 0.194. The lowest BCUT2D eigenvalue weighted by molar-refractivity contribution is 0.102. The lowest BCUT2D eigenvalue weighted by atomic mass is 10.0. The van der Waals surface area contributed by atoms with Gasteiger partial charge in [0, 0.05) is 21.3 Å². The van der Waals surface area contributed by atoms with Gasteiger partial charge in [-0.05, 0) is 54.5 Å². The molecule has 1 amide bonds. The zero-order valence-corrected chi connectivity index (χ0v) is 19.1. The number of anilines is 2. The van der Waals surface area contributed by atoms with Crippen LogP contribution in [0.2, 0.25) is 10.0 Å². The van der Waals surface area contributed by atoms with E-state index in [9.17, 15) is 4.79 Å². The Balaban J connectivity index is 1.51. The molecule has 3 aromatic carbocycles. The van der Waals surface area contributed by atoms with Crippen LogP contribution >= 0.6 is 23.2 Å². The molecule has 0 unspecified atom stereocenters. The van der Waals surface area contributed by atoms with Crippen LogP contribution in [-0.4, -0.2) is 20.7 Å². The molecule has 0 saturated carbocycles. The molecular weight excluding hydrogens is 457 g/mol. The van der Waals surface area contributed by atoms with Crippen LogP contribution in [0.25, 0.3) is 5.70 Å². The van der Waals surface area contributed by atoms with Crippen molar-refractivity contribution in [2.75, 3.05) is 10.6 Å². The van der Waals surface area contributed by atoms with Crippen LogP contribution in [0.3, 0.4) is 0 Å². The van der Waals surface area contributed by atoms with Crippen molar-refractivity contribution in [3.63, 3.8) is 0 Å². The van der Waals surface area contributed by atoms with Crippen molar-refractivity contribution in [3.05, 3.63) is 111 Å². The number of nitrogens with one attached hydrogen (secondary N) is 2. The van der Waals surface area contributed by atoms with E-state index >= 15 is 0 Å². The second-order valence-electron chi connectivity index (χ2n) is 7.74.